The Morgan fingerprint density at radius 1 is 1.15 bits per heavy atom. The number of ether oxygens (including phenoxy) is 4. The first kappa shape index (κ1) is 18.2. The molecule has 0 bridgehead atoms. The highest BCUT2D eigenvalue weighted by Crippen LogP contribution is 2.39. The molecule has 0 unspecified atom stereocenters. The number of fused-ring (bicyclic) bond motifs is 1. The summed E-state index contributed by atoms with van der Waals surface area (Å²) >= 11 is 3.52. The van der Waals surface area contributed by atoms with Crippen molar-refractivity contribution in [1.29, 1.82) is 5.26 Å². The van der Waals surface area contributed by atoms with Crippen molar-refractivity contribution in [2.75, 3.05) is 20.0 Å². The molecular weight excluding hydrogens is 398 g/mol. The van der Waals surface area contributed by atoms with Gasteiger partial charge in [-0.15, -0.1) is 0 Å². The van der Waals surface area contributed by atoms with Crippen molar-refractivity contribution < 1.29 is 18.9 Å². The number of allylic oxidation sites excluding steroid dienone is 1. The van der Waals surface area contributed by atoms with E-state index in [0.29, 0.717) is 41.8 Å². The summed E-state index contributed by atoms with van der Waals surface area (Å²) in [5.74, 6) is 2.63. The van der Waals surface area contributed by atoms with Gasteiger partial charge in [-0.05, 0) is 77.3 Å². The van der Waals surface area contributed by atoms with E-state index in [-0.39, 0.29) is 6.79 Å². The number of nitriles is 1. The monoisotopic (exact) mass is 415 g/mol. The highest BCUT2D eigenvalue weighted by molar-refractivity contribution is 9.10. The van der Waals surface area contributed by atoms with E-state index in [1.807, 2.05) is 44.2 Å². The highest BCUT2D eigenvalue weighted by atomic mass is 79.9. The van der Waals surface area contributed by atoms with E-state index in [4.69, 9.17) is 18.9 Å². The number of hydrogen-bond acceptors (Lipinski definition) is 5. The molecule has 0 spiro atoms. The normalized spacial score (nSPS) is 12.6. The topological polar surface area (TPSA) is 60.7 Å². The largest absolute Gasteiger partial charge is 0.490 e. The van der Waals surface area contributed by atoms with E-state index in [9.17, 15) is 5.26 Å². The van der Waals surface area contributed by atoms with Crippen LogP contribution in [0.1, 0.15) is 25.0 Å². The molecular formula is C20H18BrNO4. The lowest BCUT2D eigenvalue weighted by atomic mass is 10.0. The molecule has 2 aromatic rings. The van der Waals surface area contributed by atoms with Gasteiger partial charge in [0, 0.05) is 0 Å². The summed E-state index contributed by atoms with van der Waals surface area (Å²) in [4.78, 5) is 0. The zero-order valence-corrected chi connectivity index (χ0v) is 16.1. The predicted octanol–water partition coefficient (Wildman–Crippen LogP) is 5.04. The number of halogens is 1. The molecule has 5 nitrogen and oxygen atoms in total. The molecule has 26 heavy (non-hydrogen) atoms. The first-order chi connectivity index (χ1) is 12.7. The molecule has 134 valence electrons. The van der Waals surface area contributed by atoms with Crippen molar-refractivity contribution in [2.24, 2.45) is 0 Å². The fourth-order valence-electron chi connectivity index (χ4n) is 2.63. The molecule has 0 saturated heterocycles. The average molecular weight is 416 g/mol. The maximum Gasteiger partial charge on any atom is 0.231 e. The van der Waals surface area contributed by atoms with Crippen LogP contribution in [0.3, 0.4) is 0 Å². The van der Waals surface area contributed by atoms with Crippen LogP contribution in [0.15, 0.2) is 34.8 Å². The Balaban J connectivity index is 2.00. The standard InChI is InChI=1S/C20H18BrNO4/c1-3-23-19-9-13(8-16(21)20(19)24-4-2)7-15(11-22)14-5-6-17-18(10-14)26-12-25-17/h5-10H,3-4,12H2,1-2H3/b15-7-. The Kier molecular flexibility index (Phi) is 5.69. The first-order valence-corrected chi connectivity index (χ1v) is 9.06. The van der Waals surface area contributed by atoms with E-state index in [1.54, 1.807) is 6.08 Å². The van der Waals surface area contributed by atoms with Gasteiger partial charge in [-0.1, -0.05) is 0 Å². The quantitative estimate of drug-likeness (QED) is 0.488. The van der Waals surface area contributed by atoms with Crippen LogP contribution < -0.4 is 18.9 Å². The Bertz CT molecular complexity index is 886. The Hall–Kier alpha value is -2.65. The Labute approximate surface area is 160 Å². The van der Waals surface area contributed by atoms with Crippen LogP contribution in [0.4, 0.5) is 0 Å². The minimum Gasteiger partial charge on any atom is -0.490 e. The van der Waals surface area contributed by atoms with Gasteiger partial charge in [-0.3, -0.25) is 0 Å². The molecule has 0 aliphatic carbocycles. The third-order valence-electron chi connectivity index (χ3n) is 3.74. The molecule has 0 radical (unpaired) electrons. The van der Waals surface area contributed by atoms with Gasteiger partial charge in [0.2, 0.25) is 6.79 Å². The summed E-state index contributed by atoms with van der Waals surface area (Å²) in [5.41, 5.74) is 2.11. The fraction of sp³-hybridized carbons (Fsp3) is 0.250. The third kappa shape index (κ3) is 3.78. The minimum atomic E-state index is 0.202. The zero-order chi connectivity index (χ0) is 18.5. The van der Waals surface area contributed by atoms with Gasteiger partial charge in [0.15, 0.2) is 23.0 Å². The summed E-state index contributed by atoms with van der Waals surface area (Å²) < 4.78 is 22.8. The molecule has 1 heterocycles. The second-order valence-electron chi connectivity index (χ2n) is 5.43. The molecule has 1 aliphatic rings. The van der Waals surface area contributed by atoms with Gasteiger partial charge in [0.1, 0.15) is 0 Å². The number of nitrogens with zero attached hydrogens (tertiary/aromatic N) is 1. The molecule has 6 heteroatoms. The van der Waals surface area contributed by atoms with Crippen LogP contribution >= 0.6 is 15.9 Å². The number of benzene rings is 2. The number of hydrogen-bond donors (Lipinski definition) is 0. The van der Waals surface area contributed by atoms with E-state index >= 15 is 0 Å². The van der Waals surface area contributed by atoms with Crippen molar-refractivity contribution in [3.05, 3.63) is 45.9 Å². The smallest absolute Gasteiger partial charge is 0.231 e. The van der Waals surface area contributed by atoms with Gasteiger partial charge in [-0.25, -0.2) is 0 Å². The average Bonchev–Trinajstić information content (AvgIpc) is 3.10. The fourth-order valence-corrected chi connectivity index (χ4v) is 3.20. The van der Waals surface area contributed by atoms with Gasteiger partial charge < -0.3 is 18.9 Å². The van der Waals surface area contributed by atoms with E-state index in [1.165, 1.54) is 0 Å². The van der Waals surface area contributed by atoms with Crippen LogP contribution in [-0.2, 0) is 0 Å². The second kappa shape index (κ2) is 8.15. The highest BCUT2D eigenvalue weighted by Gasteiger charge is 2.16. The molecule has 0 N–H and O–H groups in total. The predicted molar refractivity (Wildman–Crippen MR) is 103 cm³/mol. The summed E-state index contributed by atoms with van der Waals surface area (Å²) in [6.07, 6.45) is 1.81. The van der Waals surface area contributed by atoms with Crippen LogP contribution in [0.25, 0.3) is 11.6 Å². The SMILES string of the molecule is CCOc1cc(/C=C(/C#N)c2ccc3c(c2)OCO3)cc(Br)c1OCC. The van der Waals surface area contributed by atoms with Crippen LogP contribution in [0.5, 0.6) is 23.0 Å². The van der Waals surface area contributed by atoms with Crippen molar-refractivity contribution in [1.82, 2.24) is 0 Å². The minimum absolute atomic E-state index is 0.202. The van der Waals surface area contributed by atoms with Gasteiger partial charge >= 0.3 is 0 Å². The van der Waals surface area contributed by atoms with E-state index in [0.717, 1.165) is 15.6 Å². The second-order valence-corrected chi connectivity index (χ2v) is 6.29. The van der Waals surface area contributed by atoms with Crippen molar-refractivity contribution in [2.45, 2.75) is 13.8 Å². The lowest BCUT2D eigenvalue weighted by Crippen LogP contribution is -1.99. The van der Waals surface area contributed by atoms with Crippen LogP contribution in [0.2, 0.25) is 0 Å². The maximum atomic E-state index is 9.61. The molecule has 0 aromatic heterocycles. The van der Waals surface area contributed by atoms with Gasteiger partial charge in [0.05, 0.1) is 29.3 Å². The molecule has 0 amide bonds. The van der Waals surface area contributed by atoms with Crippen molar-refractivity contribution in [3.63, 3.8) is 0 Å². The molecule has 0 saturated carbocycles. The van der Waals surface area contributed by atoms with Gasteiger partial charge in [-0.2, -0.15) is 5.26 Å². The lowest BCUT2D eigenvalue weighted by molar-refractivity contribution is 0.174. The maximum absolute atomic E-state index is 9.61. The van der Waals surface area contributed by atoms with Crippen LogP contribution in [0, 0.1) is 11.3 Å². The molecule has 0 fully saturated rings. The van der Waals surface area contributed by atoms with E-state index in [2.05, 4.69) is 22.0 Å². The Morgan fingerprint density at radius 2 is 1.92 bits per heavy atom. The van der Waals surface area contributed by atoms with Gasteiger partial charge in [0.25, 0.3) is 0 Å². The summed E-state index contributed by atoms with van der Waals surface area (Å²) in [7, 11) is 0. The Morgan fingerprint density at radius 3 is 2.65 bits per heavy atom. The number of rotatable bonds is 6. The molecule has 0 atom stereocenters. The first-order valence-electron chi connectivity index (χ1n) is 8.27. The molecule has 1 aliphatic heterocycles. The molecule has 3 rings (SSSR count). The van der Waals surface area contributed by atoms with E-state index < -0.39 is 0 Å². The third-order valence-corrected chi connectivity index (χ3v) is 4.32. The summed E-state index contributed by atoms with van der Waals surface area (Å²) in [5, 5.41) is 9.61. The van der Waals surface area contributed by atoms with Crippen LogP contribution in [-0.4, -0.2) is 20.0 Å². The summed E-state index contributed by atoms with van der Waals surface area (Å²) in [6.45, 7) is 5.10. The lowest BCUT2D eigenvalue weighted by Gasteiger charge is -2.13. The molecule has 2 aromatic carbocycles. The summed E-state index contributed by atoms with van der Waals surface area (Å²) in [6, 6.07) is 11.5. The van der Waals surface area contributed by atoms with Crippen molar-refractivity contribution in [3.8, 4) is 29.1 Å². The van der Waals surface area contributed by atoms with Crippen molar-refractivity contribution >= 4 is 27.6 Å². The zero-order valence-electron chi connectivity index (χ0n) is 14.5.